The Morgan fingerprint density at radius 3 is 1.68 bits per heavy atom. The zero-order chi connectivity index (χ0) is 25.3. The van der Waals surface area contributed by atoms with Crippen molar-refractivity contribution >= 4 is 23.4 Å². The molecule has 0 amide bonds. The minimum absolute atomic E-state index is 0.0774. The van der Waals surface area contributed by atoms with Crippen molar-refractivity contribution < 1.29 is 32.6 Å². The summed E-state index contributed by atoms with van der Waals surface area (Å²) in [6, 6.07) is 0. The van der Waals surface area contributed by atoms with Crippen molar-refractivity contribution in [1.82, 2.24) is 0 Å². The fraction of sp³-hybridized carbons (Fsp3) is 0.692. The lowest BCUT2D eigenvalue weighted by Crippen LogP contribution is -2.15. The molecule has 1 aromatic rings. The number of carbonyl (C=O) groups is 2. The molecule has 0 atom stereocenters. The highest BCUT2D eigenvalue weighted by atomic mass is 35.5. The maximum absolute atomic E-state index is 14.2. The SMILES string of the molecule is CCCCCCCCCCCCCCCCCC(=O)Oc1c(F)c(O)c(Cl)c(F)c1C(=O)CF. The van der Waals surface area contributed by atoms with E-state index in [1.807, 2.05) is 0 Å². The minimum Gasteiger partial charge on any atom is -0.504 e. The maximum Gasteiger partial charge on any atom is 0.311 e. The number of benzene rings is 1. The molecule has 0 heterocycles. The number of phenolic OH excluding ortho intramolecular Hbond substituents is 1. The van der Waals surface area contributed by atoms with Crippen LogP contribution in [0.3, 0.4) is 0 Å². The first kappa shape index (κ1) is 30.3. The van der Waals surface area contributed by atoms with Gasteiger partial charge in [-0.25, -0.2) is 8.78 Å². The van der Waals surface area contributed by atoms with E-state index < -0.39 is 52.1 Å². The first-order chi connectivity index (χ1) is 16.3. The van der Waals surface area contributed by atoms with Gasteiger partial charge in [0.25, 0.3) is 0 Å². The fourth-order valence-electron chi connectivity index (χ4n) is 3.84. The molecule has 194 valence electrons. The Balaban J connectivity index is 2.23. The van der Waals surface area contributed by atoms with Crippen LogP contribution in [0.4, 0.5) is 13.2 Å². The summed E-state index contributed by atoms with van der Waals surface area (Å²) in [7, 11) is 0. The molecule has 1 rings (SSSR count). The zero-order valence-electron chi connectivity index (χ0n) is 20.2. The molecular formula is C26H38ClF3O4. The van der Waals surface area contributed by atoms with Crippen molar-refractivity contribution in [3.8, 4) is 11.5 Å². The van der Waals surface area contributed by atoms with Gasteiger partial charge in [-0.05, 0) is 6.42 Å². The molecule has 0 saturated heterocycles. The van der Waals surface area contributed by atoms with Crippen LogP contribution in [-0.2, 0) is 4.79 Å². The van der Waals surface area contributed by atoms with E-state index in [4.69, 9.17) is 16.3 Å². The molecule has 8 heteroatoms. The second-order valence-electron chi connectivity index (χ2n) is 8.73. The van der Waals surface area contributed by atoms with Gasteiger partial charge in [0, 0.05) is 6.42 Å². The molecule has 0 bridgehead atoms. The summed E-state index contributed by atoms with van der Waals surface area (Å²) >= 11 is 5.42. The molecule has 1 N–H and O–H groups in total. The average Bonchev–Trinajstić information content (AvgIpc) is 2.83. The van der Waals surface area contributed by atoms with E-state index in [9.17, 15) is 27.9 Å². The van der Waals surface area contributed by atoms with Crippen molar-refractivity contribution in [2.24, 2.45) is 0 Å². The number of ether oxygens (including phenoxy) is 1. The number of phenols is 1. The van der Waals surface area contributed by atoms with Crippen molar-refractivity contribution in [2.75, 3.05) is 6.67 Å². The predicted octanol–water partition coefficient (Wildman–Crippen LogP) is 8.64. The first-order valence-corrected chi connectivity index (χ1v) is 12.9. The molecule has 0 saturated carbocycles. The fourth-order valence-corrected chi connectivity index (χ4v) is 4.02. The third kappa shape index (κ3) is 10.7. The molecule has 0 fully saturated rings. The molecule has 0 spiro atoms. The van der Waals surface area contributed by atoms with Gasteiger partial charge in [-0.1, -0.05) is 108 Å². The van der Waals surface area contributed by atoms with Crippen LogP contribution in [0.5, 0.6) is 11.5 Å². The number of alkyl halides is 1. The molecule has 4 nitrogen and oxygen atoms in total. The van der Waals surface area contributed by atoms with Gasteiger partial charge in [-0.15, -0.1) is 0 Å². The monoisotopic (exact) mass is 506 g/mol. The average molecular weight is 507 g/mol. The van der Waals surface area contributed by atoms with Gasteiger partial charge in [-0.3, -0.25) is 9.59 Å². The van der Waals surface area contributed by atoms with Crippen LogP contribution < -0.4 is 4.74 Å². The number of aromatic hydroxyl groups is 1. The van der Waals surface area contributed by atoms with Crippen molar-refractivity contribution in [3.63, 3.8) is 0 Å². The Kier molecular flexibility index (Phi) is 15.7. The number of hydrogen-bond acceptors (Lipinski definition) is 4. The zero-order valence-corrected chi connectivity index (χ0v) is 21.0. The second-order valence-corrected chi connectivity index (χ2v) is 9.10. The highest BCUT2D eigenvalue weighted by molar-refractivity contribution is 6.32. The number of hydrogen-bond donors (Lipinski definition) is 1. The Labute approximate surface area is 206 Å². The first-order valence-electron chi connectivity index (χ1n) is 12.5. The summed E-state index contributed by atoms with van der Waals surface area (Å²) < 4.78 is 45.9. The number of Topliss-reactive ketones (excluding diaryl/α,β-unsaturated/α-hetero) is 1. The number of halogens is 4. The topological polar surface area (TPSA) is 63.6 Å². The molecule has 0 aliphatic heterocycles. The predicted molar refractivity (Wildman–Crippen MR) is 129 cm³/mol. The summed E-state index contributed by atoms with van der Waals surface area (Å²) in [6.45, 7) is 0.590. The van der Waals surface area contributed by atoms with E-state index in [1.165, 1.54) is 64.2 Å². The van der Waals surface area contributed by atoms with Crippen LogP contribution in [0.2, 0.25) is 5.02 Å². The second kappa shape index (κ2) is 17.6. The third-order valence-corrected chi connectivity index (χ3v) is 6.20. The van der Waals surface area contributed by atoms with Crippen molar-refractivity contribution in [3.05, 3.63) is 22.2 Å². The molecular weight excluding hydrogens is 469 g/mol. The van der Waals surface area contributed by atoms with E-state index in [-0.39, 0.29) is 6.42 Å². The maximum atomic E-state index is 14.2. The van der Waals surface area contributed by atoms with Gasteiger partial charge < -0.3 is 9.84 Å². The van der Waals surface area contributed by atoms with Gasteiger partial charge >= 0.3 is 5.97 Å². The largest absolute Gasteiger partial charge is 0.504 e. The van der Waals surface area contributed by atoms with Crippen LogP contribution in [0, 0.1) is 11.6 Å². The van der Waals surface area contributed by atoms with Crippen molar-refractivity contribution in [1.29, 1.82) is 0 Å². The Morgan fingerprint density at radius 1 is 0.794 bits per heavy atom. The van der Waals surface area contributed by atoms with Crippen molar-refractivity contribution in [2.45, 2.75) is 110 Å². The molecule has 0 unspecified atom stereocenters. The minimum atomic E-state index is -1.64. The quantitative estimate of drug-likeness (QED) is 0.0670. The van der Waals surface area contributed by atoms with Crippen LogP contribution >= 0.6 is 11.6 Å². The van der Waals surface area contributed by atoms with Crippen LogP contribution in [0.25, 0.3) is 0 Å². The molecule has 0 aromatic heterocycles. The lowest BCUT2D eigenvalue weighted by molar-refractivity contribution is -0.134. The van der Waals surface area contributed by atoms with E-state index in [0.717, 1.165) is 25.7 Å². The summed E-state index contributed by atoms with van der Waals surface area (Å²) in [5.41, 5.74) is -1.12. The lowest BCUT2D eigenvalue weighted by atomic mass is 10.0. The summed E-state index contributed by atoms with van der Waals surface area (Å²) in [6.07, 6.45) is 17.4. The molecule has 0 aliphatic rings. The Morgan fingerprint density at radius 2 is 1.24 bits per heavy atom. The van der Waals surface area contributed by atoms with Gasteiger partial charge in [-0.2, -0.15) is 4.39 Å². The van der Waals surface area contributed by atoms with Gasteiger partial charge in [0.1, 0.15) is 10.6 Å². The standard InChI is InChI=1S/C26H38ClF3O4/c1-2-3-4-5-6-7-8-9-10-11-12-13-14-15-16-17-20(32)34-26-21(19(31)18-28)23(29)22(27)25(33)24(26)30/h33H,2-18H2,1H3. The highest BCUT2D eigenvalue weighted by Crippen LogP contribution is 2.39. The van der Waals surface area contributed by atoms with Gasteiger partial charge in [0.2, 0.25) is 11.6 Å². The van der Waals surface area contributed by atoms with Crippen LogP contribution in [-0.4, -0.2) is 23.5 Å². The number of esters is 1. The number of carbonyl (C=O) groups excluding carboxylic acids is 2. The Hall–Kier alpha value is -1.76. The Bertz CT molecular complexity index is 771. The van der Waals surface area contributed by atoms with Gasteiger partial charge in [0.15, 0.2) is 24.0 Å². The van der Waals surface area contributed by atoms with Crippen LogP contribution in [0.15, 0.2) is 0 Å². The number of rotatable bonds is 19. The lowest BCUT2D eigenvalue weighted by Gasteiger charge is -2.13. The molecule has 0 aliphatic carbocycles. The smallest absolute Gasteiger partial charge is 0.311 e. The molecule has 34 heavy (non-hydrogen) atoms. The molecule has 1 aromatic carbocycles. The third-order valence-electron chi connectivity index (χ3n) is 5.85. The van der Waals surface area contributed by atoms with E-state index in [2.05, 4.69) is 6.92 Å². The summed E-state index contributed by atoms with van der Waals surface area (Å²) in [4.78, 5) is 23.7. The highest BCUT2D eigenvalue weighted by Gasteiger charge is 2.30. The summed E-state index contributed by atoms with van der Waals surface area (Å²) in [5, 5.41) is 8.46. The van der Waals surface area contributed by atoms with Crippen LogP contribution in [0.1, 0.15) is 120 Å². The number of unbranched alkanes of at least 4 members (excludes halogenated alkanes) is 14. The summed E-state index contributed by atoms with van der Waals surface area (Å²) in [5.74, 6) is -7.88. The van der Waals surface area contributed by atoms with E-state index in [1.54, 1.807) is 0 Å². The van der Waals surface area contributed by atoms with E-state index in [0.29, 0.717) is 6.42 Å². The molecule has 0 radical (unpaired) electrons. The van der Waals surface area contributed by atoms with E-state index >= 15 is 0 Å². The normalized spacial score (nSPS) is 11.1. The number of ketones is 1. The van der Waals surface area contributed by atoms with Gasteiger partial charge in [0.05, 0.1) is 0 Å².